The van der Waals surface area contributed by atoms with Crippen molar-refractivity contribution in [3.05, 3.63) is 38.3 Å². The lowest BCUT2D eigenvalue weighted by Crippen LogP contribution is -2.42. The van der Waals surface area contributed by atoms with E-state index in [-0.39, 0.29) is 11.2 Å². The molecule has 3 aromatic rings. The summed E-state index contributed by atoms with van der Waals surface area (Å²) in [6, 6.07) is 1.91. The second-order valence-electron chi connectivity index (χ2n) is 6.63. The number of hydrogen-bond acceptors (Lipinski definition) is 5. The smallest absolute Gasteiger partial charge is 0.332 e. The van der Waals surface area contributed by atoms with Gasteiger partial charge in [0.05, 0.1) is 5.69 Å². The van der Waals surface area contributed by atoms with Gasteiger partial charge < -0.3 is 10.3 Å². The second-order valence-corrected chi connectivity index (χ2v) is 6.63. The van der Waals surface area contributed by atoms with Crippen LogP contribution in [0.3, 0.4) is 0 Å². The number of primary amides is 1. The molecule has 0 saturated carbocycles. The first-order valence-corrected chi connectivity index (χ1v) is 8.78. The van der Waals surface area contributed by atoms with Crippen LogP contribution in [0.25, 0.3) is 17.1 Å². The van der Waals surface area contributed by atoms with Gasteiger partial charge in [-0.15, -0.1) is 0 Å². The van der Waals surface area contributed by atoms with E-state index in [1.54, 1.807) is 9.25 Å². The van der Waals surface area contributed by atoms with Crippen molar-refractivity contribution in [1.82, 2.24) is 28.5 Å². The maximum absolute atomic E-state index is 13.0. The molecule has 2 N–H and O–H groups in total. The first kappa shape index (κ1) is 18.6. The van der Waals surface area contributed by atoms with E-state index in [1.807, 2.05) is 26.8 Å². The van der Waals surface area contributed by atoms with Gasteiger partial charge in [0, 0.05) is 19.3 Å². The number of carbonyl (C=O) groups excluding carboxylic acids is 1. The minimum atomic E-state index is -0.757. The zero-order chi connectivity index (χ0) is 19.9. The molecular formula is C17H23N7O3. The summed E-state index contributed by atoms with van der Waals surface area (Å²) in [5.41, 5.74) is 6.19. The molecule has 0 fully saturated rings. The maximum Gasteiger partial charge on any atom is 0.332 e. The number of unbranched alkanes of at least 4 members (excludes halogenated alkanes) is 1. The highest BCUT2D eigenvalue weighted by atomic mass is 16.2. The summed E-state index contributed by atoms with van der Waals surface area (Å²) in [4.78, 5) is 41.4. The van der Waals surface area contributed by atoms with E-state index in [2.05, 4.69) is 10.1 Å². The van der Waals surface area contributed by atoms with Gasteiger partial charge in [-0.05, 0) is 26.3 Å². The van der Waals surface area contributed by atoms with Crippen molar-refractivity contribution in [3.8, 4) is 5.95 Å². The molecule has 144 valence electrons. The van der Waals surface area contributed by atoms with Crippen molar-refractivity contribution in [2.75, 3.05) is 0 Å². The van der Waals surface area contributed by atoms with Gasteiger partial charge in [0.2, 0.25) is 11.9 Å². The number of nitrogens with zero attached hydrogens (tertiary/aromatic N) is 6. The fourth-order valence-electron chi connectivity index (χ4n) is 3.18. The molecule has 10 heteroatoms. The maximum atomic E-state index is 13.0. The van der Waals surface area contributed by atoms with E-state index in [0.29, 0.717) is 12.5 Å². The van der Waals surface area contributed by atoms with Gasteiger partial charge in [-0.3, -0.25) is 14.2 Å². The largest absolute Gasteiger partial charge is 0.368 e. The molecule has 3 heterocycles. The molecule has 1 amide bonds. The highest BCUT2D eigenvalue weighted by Gasteiger charge is 2.22. The van der Waals surface area contributed by atoms with Gasteiger partial charge in [-0.2, -0.15) is 10.1 Å². The van der Waals surface area contributed by atoms with Gasteiger partial charge in [-0.1, -0.05) is 13.3 Å². The molecule has 3 rings (SSSR count). The van der Waals surface area contributed by atoms with Gasteiger partial charge in [0.25, 0.3) is 5.56 Å². The van der Waals surface area contributed by atoms with Crippen molar-refractivity contribution in [3.63, 3.8) is 0 Å². The quantitative estimate of drug-likeness (QED) is 0.651. The summed E-state index contributed by atoms with van der Waals surface area (Å²) in [6.07, 6.45) is 1.73. The fourth-order valence-corrected chi connectivity index (χ4v) is 3.18. The summed E-state index contributed by atoms with van der Waals surface area (Å²) in [5.74, 6) is -0.292. The average molecular weight is 373 g/mol. The van der Waals surface area contributed by atoms with Gasteiger partial charge >= 0.3 is 5.69 Å². The van der Waals surface area contributed by atoms with Crippen molar-refractivity contribution in [2.24, 2.45) is 12.8 Å². The molecule has 10 nitrogen and oxygen atoms in total. The highest BCUT2D eigenvalue weighted by Crippen LogP contribution is 2.18. The van der Waals surface area contributed by atoms with Crippen LogP contribution in [0.4, 0.5) is 0 Å². The Morgan fingerprint density at radius 2 is 1.93 bits per heavy atom. The topological polar surface area (TPSA) is 123 Å². The molecule has 0 radical (unpaired) electrons. The van der Waals surface area contributed by atoms with Crippen molar-refractivity contribution >= 4 is 17.1 Å². The number of amides is 1. The van der Waals surface area contributed by atoms with Crippen LogP contribution >= 0.6 is 0 Å². The summed E-state index contributed by atoms with van der Waals surface area (Å²) in [6.45, 7) is 5.87. The Balaban J connectivity index is 2.41. The number of aryl methyl sites for hydroxylation is 4. The predicted molar refractivity (Wildman–Crippen MR) is 99.9 cm³/mol. The molecular weight excluding hydrogens is 350 g/mol. The third-order valence-electron chi connectivity index (χ3n) is 4.46. The molecule has 0 aliphatic carbocycles. The Labute approximate surface area is 154 Å². The Morgan fingerprint density at radius 3 is 2.48 bits per heavy atom. The summed E-state index contributed by atoms with van der Waals surface area (Å²) in [5, 5.41) is 4.46. The number of carbonyl (C=O) groups is 1. The third kappa shape index (κ3) is 3.07. The molecule has 0 unspecified atom stereocenters. The Kier molecular flexibility index (Phi) is 4.73. The van der Waals surface area contributed by atoms with Crippen LogP contribution in [0.1, 0.15) is 31.2 Å². The third-order valence-corrected chi connectivity index (χ3v) is 4.46. The van der Waals surface area contributed by atoms with Crippen LogP contribution < -0.4 is 17.0 Å². The van der Waals surface area contributed by atoms with Crippen LogP contribution in [0, 0.1) is 13.8 Å². The molecule has 27 heavy (non-hydrogen) atoms. The van der Waals surface area contributed by atoms with Crippen molar-refractivity contribution < 1.29 is 4.79 Å². The molecule has 0 saturated heterocycles. The average Bonchev–Trinajstić information content (AvgIpc) is 3.14. The minimum Gasteiger partial charge on any atom is -0.368 e. The number of rotatable bonds is 6. The van der Waals surface area contributed by atoms with E-state index in [4.69, 9.17) is 5.73 Å². The zero-order valence-electron chi connectivity index (χ0n) is 15.9. The monoisotopic (exact) mass is 373 g/mol. The lowest BCUT2D eigenvalue weighted by atomic mass is 10.3. The lowest BCUT2D eigenvalue weighted by Gasteiger charge is -2.10. The molecule has 0 aliphatic heterocycles. The molecule has 0 atom stereocenters. The zero-order valence-corrected chi connectivity index (χ0v) is 15.9. The second kappa shape index (κ2) is 6.86. The Hall–Kier alpha value is -3.17. The first-order chi connectivity index (χ1) is 12.8. The van der Waals surface area contributed by atoms with Gasteiger partial charge in [-0.25, -0.2) is 14.0 Å². The number of fused-ring (bicyclic) bond motifs is 1. The predicted octanol–water partition coefficient (Wildman–Crippen LogP) is -0.0154. The minimum absolute atomic E-state index is 0.254. The fraction of sp³-hybridized carbons (Fsp3) is 0.471. The van der Waals surface area contributed by atoms with Crippen molar-refractivity contribution in [1.29, 1.82) is 0 Å². The lowest BCUT2D eigenvalue weighted by molar-refractivity contribution is -0.118. The van der Waals surface area contributed by atoms with Crippen LogP contribution in [0.5, 0.6) is 0 Å². The van der Waals surface area contributed by atoms with Crippen LogP contribution in [0.2, 0.25) is 0 Å². The summed E-state index contributed by atoms with van der Waals surface area (Å²) in [7, 11) is 1.52. The van der Waals surface area contributed by atoms with E-state index in [9.17, 15) is 14.4 Å². The van der Waals surface area contributed by atoms with Gasteiger partial charge in [0.15, 0.2) is 11.2 Å². The number of nitrogens with two attached hydrogens (primary N) is 1. The first-order valence-electron chi connectivity index (χ1n) is 8.78. The number of imidazole rings is 1. The van der Waals surface area contributed by atoms with Gasteiger partial charge in [0.1, 0.15) is 6.54 Å². The number of hydrogen-bond donors (Lipinski definition) is 1. The Morgan fingerprint density at radius 1 is 1.22 bits per heavy atom. The molecule has 0 aromatic carbocycles. The van der Waals surface area contributed by atoms with E-state index in [1.165, 1.54) is 11.6 Å². The molecule has 0 spiro atoms. The van der Waals surface area contributed by atoms with E-state index in [0.717, 1.165) is 28.8 Å². The summed E-state index contributed by atoms with van der Waals surface area (Å²) < 4.78 is 5.53. The van der Waals surface area contributed by atoms with Crippen molar-refractivity contribution in [2.45, 2.75) is 46.7 Å². The Bertz CT molecular complexity index is 1150. The normalized spacial score (nSPS) is 11.4. The van der Waals surface area contributed by atoms with Crippen LogP contribution in [-0.4, -0.2) is 34.4 Å². The number of aromatic nitrogens is 6. The highest BCUT2D eigenvalue weighted by molar-refractivity contribution is 5.75. The molecule has 0 aliphatic rings. The SMILES string of the molecule is CCCCn1c(-n2nc(C)cc2C)nc2c1c(=O)n(CC(N)=O)c(=O)n2C. The summed E-state index contributed by atoms with van der Waals surface area (Å²) >= 11 is 0. The molecule has 3 aromatic heterocycles. The van der Waals surface area contributed by atoms with Crippen LogP contribution in [-0.2, 0) is 24.9 Å². The van der Waals surface area contributed by atoms with Crippen LogP contribution in [0.15, 0.2) is 15.7 Å². The van der Waals surface area contributed by atoms with E-state index < -0.39 is 23.7 Å². The standard InChI is InChI=1S/C17H23N7O3/c1-5-6-7-22-13-14(19-16(22)24-11(3)8-10(2)20-24)21(4)17(27)23(15(13)26)9-12(18)25/h8H,5-7,9H2,1-4H3,(H2,18,25). The molecule has 0 bridgehead atoms. The van der Waals surface area contributed by atoms with E-state index >= 15 is 0 Å².